The van der Waals surface area contributed by atoms with Crippen LogP contribution in [0.1, 0.15) is 34.5 Å². The summed E-state index contributed by atoms with van der Waals surface area (Å²) in [4.78, 5) is 29.8. The van der Waals surface area contributed by atoms with Crippen LogP contribution in [0.4, 0.5) is 5.69 Å². The van der Waals surface area contributed by atoms with E-state index in [0.717, 1.165) is 25.1 Å². The third kappa shape index (κ3) is 3.62. The average Bonchev–Trinajstić information content (AvgIpc) is 3.12. The minimum Gasteiger partial charge on any atom is -0.480 e. The zero-order valence-electron chi connectivity index (χ0n) is 15.2. The molecule has 0 radical (unpaired) electrons. The number of aromatic nitrogens is 2. The molecule has 0 bridgehead atoms. The van der Waals surface area contributed by atoms with Crippen LogP contribution in [0.5, 0.6) is 5.88 Å². The van der Waals surface area contributed by atoms with Gasteiger partial charge in [-0.05, 0) is 50.5 Å². The van der Waals surface area contributed by atoms with E-state index in [1.54, 1.807) is 29.8 Å². The van der Waals surface area contributed by atoms with Gasteiger partial charge < -0.3 is 19.4 Å². The van der Waals surface area contributed by atoms with Gasteiger partial charge in [0.2, 0.25) is 5.88 Å². The lowest BCUT2D eigenvalue weighted by Crippen LogP contribution is -2.34. The Morgan fingerprint density at radius 3 is 2.96 bits per heavy atom. The molecule has 0 aromatic carbocycles. The Morgan fingerprint density at radius 2 is 2.27 bits per heavy atom. The number of ether oxygens (including phenoxy) is 2. The molecule has 0 aliphatic carbocycles. The maximum atomic E-state index is 13.0. The largest absolute Gasteiger partial charge is 0.480 e. The lowest BCUT2D eigenvalue weighted by Gasteiger charge is -2.17. The van der Waals surface area contributed by atoms with E-state index < -0.39 is 5.91 Å². The molecule has 1 N–H and O–H groups in total. The molecule has 0 spiro atoms. The predicted octanol–water partition coefficient (Wildman–Crippen LogP) is 2.30. The van der Waals surface area contributed by atoms with E-state index in [2.05, 4.69) is 10.3 Å². The minimum atomic E-state index is -0.472. The fourth-order valence-electron chi connectivity index (χ4n) is 3.26. The molecule has 3 rings (SSSR count). The lowest BCUT2D eigenvalue weighted by molar-refractivity contribution is 0.0947. The number of methoxy groups -OCH3 is 1. The van der Waals surface area contributed by atoms with E-state index in [9.17, 15) is 9.59 Å². The number of rotatable bonds is 5. The minimum absolute atomic E-state index is 0.0171. The summed E-state index contributed by atoms with van der Waals surface area (Å²) in [5.74, 6) is -0.176. The van der Waals surface area contributed by atoms with Crippen molar-refractivity contribution in [3.8, 4) is 5.88 Å². The molecule has 0 saturated carbocycles. The fraction of sp³-hybridized carbons (Fsp3) is 0.421. The molecule has 7 nitrogen and oxygen atoms in total. The number of carbonyl (C=O) groups is 1. The summed E-state index contributed by atoms with van der Waals surface area (Å²) < 4.78 is 12.4. The van der Waals surface area contributed by atoms with Gasteiger partial charge in [-0.1, -0.05) is 0 Å². The summed E-state index contributed by atoms with van der Waals surface area (Å²) >= 11 is 0. The standard InChI is InChI=1S/C19H23N3O4/c1-12-10-13(2)22(11-14-6-5-9-26-14)19(24)16(12)17(23)21-15-7-4-8-20-18(15)25-3/h4,7-8,10,14H,5-6,9,11H2,1-3H3,(H,21,23)/t14-/m1/s1. The van der Waals surface area contributed by atoms with Crippen molar-refractivity contribution < 1.29 is 14.3 Å². The lowest BCUT2D eigenvalue weighted by atomic mass is 10.1. The molecular weight excluding hydrogens is 334 g/mol. The molecule has 1 fully saturated rings. The molecule has 2 aromatic heterocycles. The second-order valence-corrected chi connectivity index (χ2v) is 6.41. The van der Waals surface area contributed by atoms with Crippen LogP contribution in [0.3, 0.4) is 0 Å². The number of carbonyl (C=O) groups excluding carboxylic acids is 1. The topological polar surface area (TPSA) is 82.4 Å². The molecule has 0 unspecified atom stereocenters. The number of nitrogens with one attached hydrogen (secondary N) is 1. The molecule has 1 atom stereocenters. The Balaban J connectivity index is 1.93. The van der Waals surface area contributed by atoms with Crippen LogP contribution < -0.4 is 15.6 Å². The van der Waals surface area contributed by atoms with Gasteiger partial charge in [0, 0.05) is 18.5 Å². The molecule has 26 heavy (non-hydrogen) atoms. The Hall–Kier alpha value is -2.67. The normalized spacial score (nSPS) is 16.5. The highest BCUT2D eigenvalue weighted by atomic mass is 16.5. The van der Waals surface area contributed by atoms with Crippen molar-refractivity contribution in [2.75, 3.05) is 19.0 Å². The maximum Gasteiger partial charge on any atom is 0.263 e. The van der Waals surface area contributed by atoms with Crippen molar-refractivity contribution in [3.63, 3.8) is 0 Å². The Kier molecular flexibility index (Phi) is 5.37. The van der Waals surface area contributed by atoms with E-state index >= 15 is 0 Å². The molecular formula is C19H23N3O4. The van der Waals surface area contributed by atoms with Crippen LogP contribution in [0.15, 0.2) is 29.2 Å². The number of pyridine rings is 2. The van der Waals surface area contributed by atoms with Crippen LogP contribution in [-0.2, 0) is 11.3 Å². The Bertz CT molecular complexity index is 870. The first-order valence-electron chi connectivity index (χ1n) is 8.64. The number of aryl methyl sites for hydroxylation is 2. The van der Waals surface area contributed by atoms with Crippen molar-refractivity contribution in [1.29, 1.82) is 0 Å². The highest BCUT2D eigenvalue weighted by molar-refractivity contribution is 6.05. The van der Waals surface area contributed by atoms with Gasteiger partial charge in [0.05, 0.1) is 19.8 Å². The molecule has 1 saturated heterocycles. The predicted molar refractivity (Wildman–Crippen MR) is 97.9 cm³/mol. The summed E-state index contributed by atoms with van der Waals surface area (Å²) in [6.45, 7) is 4.81. The van der Waals surface area contributed by atoms with E-state index in [1.165, 1.54) is 7.11 Å². The van der Waals surface area contributed by atoms with Gasteiger partial charge >= 0.3 is 0 Å². The van der Waals surface area contributed by atoms with Gasteiger partial charge in [-0.25, -0.2) is 4.98 Å². The zero-order valence-corrected chi connectivity index (χ0v) is 15.2. The fourth-order valence-corrected chi connectivity index (χ4v) is 3.26. The summed E-state index contributed by atoms with van der Waals surface area (Å²) in [5.41, 5.74) is 1.69. The van der Waals surface area contributed by atoms with Crippen LogP contribution in [0.2, 0.25) is 0 Å². The maximum absolute atomic E-state index is 13.0. The van der Waals surface area contributed by atoms with Crippen molar-refractivity contribution in [2.45, 2.75) is 39.3 Å². The van der Waals surface area contributed by atoms with Crippen LogP contribution in [-0.4, -0.2) is 35.3 Å². The number of hydrogen-bond donors (Lipinski definition) is 1. The van der Waals surface area contributed by atoms with E-state index in [1.807, 2.05) is 13.0 Å². The number of anilines is 1. The van der Waals surface area contributed by atoms with Crippen molar-refractivity contribution in [3.05, 3.63) is 51.6 Å². The first kappa shape index (κ1) is 18.1. The summed E-state index contributed by atoms with van der Waals surface area (Å²) in [6.07, 6.45) is 3.51. The molecule has 1 aliphatic heterocycles. The number of hydrogen-bond acceptors (Lipinski definition) is 5. The highest BCUT2D eigenvalue weighted by Crippen LogP contribution is 2.21. The van der Waals surface area contributed by atoms with Crippen molar-refractivity contribution >= 4 is 11.6 Å². The van der Waals surface area contributed by atoms with E-state index in [4.69, 9.17) is 9.47 Å². The van der Waals surface area contributed by atoms with Gasteiger partial charge in [-0.2, -0.15) is 0 Å². The van der Waals surface area contributed by atoms with Gasteiger partial charge in [-0.3, -0.25) is 9.59 Å². The molecule has 1 amide bonds. The monoisotopic (exact) mass is 357 g/mol. The molecule has 1 aliphatic rings. The van der Waals surface area contributed by atoms with Gasteiger partial charge in [-0.15, -0.1) is 0 Å². The third-order valence-corrected chi connectivity index (χ3v) is 4.55. The highest BCUT2D eigenvalue weighted by Gasteiger charge is 2.22. The van der Waals surface area contributed by atoms with Crippen LogP contribution >= 0.6 is 0 Å². The van der Waals surface area contributed by atoms with E-state index in [0.29, 0.717) is 23.7 Å². The first-order valence-corrected chi connectivity index (χ1v) is 8.64. The van der Waals surface area contributed by atoms with Gasteiger partial charge in [0.1, 0.15) is 11.3 Å². The Morgan fingerprint density at radius 1 is 1.46 bits per heavy atom. The van der Waals surface area contributed by atoms with Gasteiger partial charge in [0.15, 0.2) is 0 Å². The third-order valence-electron chi connectivity index (χ3n) is 4.55. The number of amides is 1. The number of nitrogens with zero attached hydrogens (tertiary/aromatic N) is 2. The first-order chi connectivity index (χ1) is 12.5. The quantitative estimate of drug-likeness (QED) is 0.888. The average molecular weight is 357 g/mol. The van der Waals surface area contributed by atoms with Crippen molar-refractivity contribution in [1.82, 2.24) is 9.55 Å². The van der Waals surface area contributed by atoms with Crippen LogP contribution in [0, 0.1) is 13.8 Å². The van der Waals surface area contributed by atoms with E-state index in [-0.39, 0.29) is 17.2 Å². The smallest absolute Gasteiger partial charge is 0.263 e. The summed E-state index contributed by atoms with van der Waals surface area (Å²) in [7, 11) is 1.48. The zero-order chi connectivity index (χ0) is 18.7. The molecule has 3 heterocycles. The molecule has 138 valence electrons. The molecule has 2 aromatic rings. The second-order valence-electron chi connectivity index (χ2n) is 6.41. The SMILES string of the molecule is COc1ncccc1NC(=O)c1c(C)cc(C)n(C[C@H]2CCCO2)c1=O. The summed E-state index contributed by atoms with van der Waals surface area (Å²) in [5, 5.41) is 2.73. The van der Waals surface area contributed by atoms with Crippen molar-refractivity contribution in [2.24, 2.45) is 0 Å². The second kappa shape index (κ2) is 7.70. The van der Waals surface area contributed by atoms with Crippen LogP contribution in [0.25, 0.3) is 0 Å². The summed E-state index contributed by atoms with van der Waals surface area (Å²) in [6, 6.07) is 5.22. The molecule has 7 heteroatoms. The van der Waals surface area contributed by atoms with Gasteiger partial charge in [0.25, 0.3) is 11.5 Å². The Labute approximate surface area is 152 Å².